The van der Waals surface area contributed by atoms with E-state index in [0.29, 0.717) is 25.0 Å². The number of allylic oxidation sites excluding steroid dienone is 1. The molecule has 162 valence electrons. The van der Waals surface area contributed by atoms with Gasteiger partial charge in [0.2, 0.25) is 5.91 Å². The molecule has 30 heavy (non-hydrogen) atoms. The van der Waals surface area contributed by atoms with Crippen molar-refractivity contribution in [1.82, 2.24) is 15.1 Å². The number of hydrogen-bond acceptors (Lipinski definition) is 5. The fourth-order valence-corrected chi connectivity index (χ4v) is 4.06. The third kappa shape index (κ3) is 5.57. The van der Waals surface area contributed by atoms with E-state index < -0.39 is 0 Å². The summed E-state index contributed by atoms with van der Waals surface area (Å²) < 4.78 is 0. The zero-order valence-corrected chi connectivity index (χ0v) is 18.3. The lowest BCUT2D eigenvalue weighted by molar-refractivity contribution is -0.141. The largest absolute Gasteiger partial charge is 0.389 e. The number of hydrogen-bond donors (Lipinski definition) is 1. The summed E-state index contributed by atoms with van der Waals surface area (Å²) in [6, 6.07) is 9.78. The van der Waals surface area contributed by atoms with Gasteiger partial charge in [-0.15, -0.1) is 0 Å². The van der Waals surface area contributed by atoms with Crippen LogP contribution in [0.15, 0.2) is 42.1 Å². The molecule has 0 aromatic heterocycles. The number of nitrogens with one attached hydrogen (secondary N) is 1. The SMILES string of the molecule is CC(C)(C)C(=O)N1CCN(CCNC=C2C(=O)CC(c3ccccc3)CC2=O)CC1. The highest BCUT2D eigenvalue weighted by molar-refractivity contribution is 6.22. The van der Waals surface area contributed by atoms with Crippen LogP contribution in [0.3, 0.4) is 0 Å². The first-order valence-electron chi connectivity index (χ1n) is 10.8. The van der Waals surface area contributed by atoms with E-state index in [4.69, 9.17) is 0 Å². The average molecular weight is 412 g/mol. The monoisotopic (exact) mass is 411 g/mol. The molecule has 1 N–H and O–H groups in total. The van der Waals surface area contributed by atoms with Gasteiger partial charge in [-0.1, -0.05) is 51.1 Å². The molecule has 2 fully saturated rings. The first-order chi connectivity index (χ1) is 14.3. The maximum absolute atomic E-state index is 12.5. The van der Waals surface area contributed by atoms with Gasteiger partial charge in [0.25, 0.3) is 0 Å². The molecule has 1 amide bonds. The number of ketones is 2. The smallest absolute Gasteiger partial charge is 0.228 e. The second-order valence-corrected chi connectivity index (χ2v) is 9.26. The number of Topliss-reactive ketones (excluding diaryl/α,β-unsaturated/α-hetero) is 2. The topological polar surface area (TPSA) is 69.7 Å². The van der Waals surface area contributed by atoms with Crippen LogP contribution in [-0.4, -0.2) is 66.5 Å². The molecule has 1 aromatic rings. The summed E-state index contributed by atoms with van der Waals surface area (Å²) in [5, 5.41) is 3.15. The van der Waals surface area contributed by atoms with Crippen molar-refractivity contribution in [3.63, 3.8) is 0 Å². The highest BCUT2D eigenvalue weighted by atomic mass is 16.2. The molecule has 0 unspecified atom stereocenters. The van der Waals surface area contributed by atoms with E-state index in [9.17, 15) is 14.4 Å². The van der Waals surface area contributed by atoms with E-state index in [1.54, 1.807) is 6.20 Å². The summed E-state index contributed by atoms with van der Waals surface area (Å²) in [7, 11) is 0. The van der Waals surface area contributed by atoms with Gasteiger partial charge in [-0.3, -0.25) is 19.3 Å². The van der Waals surface area contributed by atoms with Crippen molar-refractivity contribution in [2.24, 2.45) is 5.41 Å². The molecule has 1 aliphatic heterocycles. The van der Waals surface area contributed by atoms with Gasteiger partial charge >= 0.3 is 0 Å². The predicted molar refractivity (Wildman–Crippen MR) is 117 cm³/mol. The molecular weight excluding hydrogens is 378 g/mol. The number of benzene rings is 1. The van der Waals surface area contributed by atoms with E-state index in [-0.39, 0.29) is 28.8 Å². The molecule has 1 saturated heterocycles. The van der Waals surface area contributed by atoms with Crippen LogP contribution in [0.25, 0.3) is 0 Å². The summed E-state index contributed by atoms with van der Waals surface area (Å²) in [5.74, 6) is 0.0208. The quantitative estimate of drug-likeness (QED) is 0.458. The van der Waals surface area contributed by atoms with E-state index in [1.807, 2.05) is 56.0 Å². The van der Waals surface area contributed by atoms with Crippen molar-refractivity contribution in [2.45, 2.75) is 39.5 Å². The number of carbonyl (C=O) groups is 3. The van der Waals surface area contributed by atoms with Gasteiger partial charge < -0.3 is 10.2 Å². The molecule has 1 aromatic carbocycles. The minimum absolute atomic E-state index is 0.0181. The summed E-state index contributed by atoms with van der Waals surface area (Å²) in [5.41, 5.74) is 1.01. The Kier molecular flexibility index (Phi) is 7.08. The van der Waals surface area contributed by atoms with Gasteiger partial charge in [0.05, 0.1) is 5.57 Å². The minimum Gasteiger partial charge on any atom is -0.389 e. The van der Waals surface area contributed by atoms with E-state index in [1.165, 1.54) is 0 Å². The number of nitrogens with zero attached hydrogens (tertiary/aromatic N) is 2. The maximum atomic E-state index is 12.5. The fraction of sp³-hybridized carbons (Fsp3) is 0.542. The van der Waals surface area contributed by atoms with Gasteiger partial charge in [0.1, 0.15) is 0 Å². The summed E-state index contributed by atoms with van der Waals surface area (Å²) >= 11 is 0. The van der Waals surface area contributed by atoms with Crippen LogP contribution in [0.2, 0.25) is 0 Å². The normalized spacial score (nSPS) is 21.0. The molecular formula is C24H33N3O3. The standard InChI is InChI=1S/C24H33N3O3/c1-24(2,3)23(30)27-13-11-26(12-14-27)10-9-25-17-20-21(28)15-19(16-22(20)29)18-7-5-4-6-8-18/h4-8,17,19,25H,9-16H2,1-3H3. The molecule has 0 radical (unpaired) electrons. The Bertz CT molecular complexity index is 783. The van der Waals surface area contributed by atoms with Crippen molar-refractivity contribution in [3.05, 3.63) is 47.7 Å². The van der Waals surface area contributed by atoms with Crippen LogP contribution in [-0.2, 0) is 14.4 Å². The van der Waals surface area contributed by atoms with Gasteiger partial charge in [-0.25, -0.2) is 0 Å². The van der Waals surface area contributed by atoms with Crippen LogP contribution in [0, 0.1) is 5.41 Å². The Balaban J connectivity index is 1.43. The van der Waals surface area contributed by atoms with Crippen LogP contribution in [0.4, 0.5) is 0 Å². The Labute approximate surface area is 179 Å². The van der Waals surface area contributed by atoms with Crippen molar-refractivity contribution in [3.8, 4) is 0 Å². The fourth-order valence-electron chi connectivity index (χ4n) is 4.06. The highest BCUT2D eigenvalue weighted by Crippen LogP contribution is 2.31. The predicted octanol–water partition coefficient (Wildman–Crippen LogP) is 2.37. The van der Waals surface area contributed by atoms with E-state index in [2.05, 4.69) is 10.2 Å². The number of rotatable bonds is 5. The van der Waals surface area contributed by atoms with Crippen LogP contribution in [0.1, 0.15) is 45.1 Å². The molecule has 3 rings (SSSR count). The van der Waals surface area contributed by atoms with Gasteiger partial charge in [-0.2, -0.15) is 0 Å². The van der Waals surface area contributed by atoms with Crippen molar-refractivity contribution in [2.75, 3.05) is 39.3 Å². The van der Waals surface area contributed by atoms with Gasteiger partial charge in [0, 0.05) is 63.7 Å². The molecule has 0 atom stereocenters. The number of piperazine rings is 1. The lowest BCUT2D eigenvalue weighted by Gasteiger charge is -2.37. The Morgan fingerprint density at radius 1 is 1.03 bits per heavy atom. The second-order valence-electron chi connectivity index (χ2n) is 9.26. The van der Waals surface area contributed by atoms with E-state index in [0.717, 1.165) is 38.3 Å². The Morgan fingerprint density at radius 2 is 1.63 bits per heavy atom. The average Bonchev–Trinajstić information content (AvgIpc) is 2.72. The molecule has 1 aliphatic carbocycles. The van der Waals surface area contributed by atoms with Crippen molar-refractivity contribution in [1.29, 1.82) is 0 Å². The first kappa shape index (κ1) is 22.2. The number of amides is 1. The number of carbonyl (C=O) groups excluding carboxylic acids is 3. The molecule has 1 saturated carbocycles. The zero-order chi connectivity index (χ0) is 21.7. The zero-order valence-electron chi connectivity index (χ0n) is 18.3. The van der Waals surface area contributed by atoms with Crippen LogP contribution < -0.4 is 5.32 Å². The van der Waals surface area contributed by atoms with Gasteiger partial charge in [0.15, 0.2) is 11.6 Å². The molecule has 0 bridgehead atoms. The molecule has 1 heterocycles. The minimum atomic E-state index is -0.339. The van der Waals surface area contributed by atoms with Crippen LogP contribution in [0.5, 0.6) is 0 Å². The summed E-state index contributed by atoms with van der Waals surface area (Å²) in [6.45, 7) is 10.5. The lowest BCUT2D eigenvalue weighted by Crippen LogP contribution is -2.52. The maximum Gasteiger partial charge on any atom is 0.228 e. The van der Waals surface area contributed by atoms with E-state index >= 15 is 0 Å². The van der Waals surface area contributed by atoms with Crippen molar-refractivity contribution < 1.29 is 14.4 Å². The second kappa shape index (κ2) is 9.56. The lowest BCUT2D eigenvalue weighted by atomic mass is 9.80. The molecule has 0 spiro atoms. The Hall–Kier alpha value is -2.47. The van der Waals surface area contributed by atoms with Gasteiger partial charge in [-0.05, 0) is 11.5 Å². The Morgan fingerprint density at radius 3 is 2.20 bits per heavy atom. The third-order valence-corrected chi connectivity index (χ3v) is 5.86. The van der Waals surface area contributed by atoms with Crippen LogP contribution >= 0.6 is 0 Å². The molecule has 6 heteroatoms. The third-order valence-electron chi connectivity index (χ3n) is 5.86. The first-order valence-corrected chi connectivity index (χ1v) is 10.8. The highest BCUT2D eigenvalue weighted by Gasteiger charge is 2.31. The summed E-state index contributed by atoms with van der Waals surface area (Å²) in [4.78, 5) is 41.6. The molecule has 6 nitrogen and oxygen atoms in total. The summed E-state index contributed by atoms with van der Waals surface area (Å²) in [6.07, 6.45) is 2.37. The molecule has 2 aliphatic rings. The van der Waals surface area contributed by atoms with Crippen molar-refractivity contribution >= 4 is 17.5 Å².